The lowest BCUT2D eigenvalue weighted by molar-refractivity contribution is -0.141. The van der Waals surface area contributed by atoms with Gasteiger partial charge in [0.15, 0.2) is 0 Å². The Morgan fingerprint density at radius 3 is 2.50 bits per heavy atom. The average molecular weight is 198 g/mol. The fraction of sp³-hybridized carbons (Fsp3) is 0.750. The number of carbonyl (C=O) groups is 1. The molecule has 0 saturated carbocycles. The van der Waals surface area contributed by atoms with Gasteiger partial charge in [0.25, 0.3) is 0 Å². The smallest absolute Gasteiger partial charge is 0.306 e. The molecule has 2 heteroatoms. The fourth-order valence-electron chi connectivity index (χ4n) is 1.54. The number of allylic oxidation sites excluding steroid dienone is 1. The highest BCUT2D eigenvalue weighted by atomic mass is 16.4. The van der Waals surface area contributed by atoms with Gasteiger partial charge >= 0.3 is 5.97 Å². The molecular weight excluding hydrogens is 176 g/mol. The highest BCUT2D eigenvalue weighted by molar-refractivity contribution is 5.70. The molecule has 0 aliphatic carbocycles. The summed E-state index contributed by atoms with van der Waals surface area (Å²) in [6, 6.07) is 0. The molecular formula is C12H22O2. The lowest BCUT2D eigenvalue weighted by Crippen LogP contribution is -2.12. The maximum absolute atomic E-state index is 10.8. The van der Waals surface area contributed by atoms with Crippen LogP contribution in [0.15, 0.2) is 12.7 Å². The molecule has 0 spiro atoms. The van der Waals surface area contributed by atoms with Gasteiger partial charge in [0, 0.05) is 0 Å². The largest absolute Gasteiger partial charge is 0.481 e. The Bertz CT molecular complexity index is 164. The quantitative estimate of drug-likeness (QED) is 0.454. The van der Waals surface area contributed by atoms with Crippen LogP contribution in [0.5, 0.6) is 0 Å². The van der Waals surface area contributed by atoms with Gasteiger partial charge in [0.2, 0.25) is 0 Å². The van der Waals surface area contributed by atoms with E-state index in [0.29, 0.717) is 6.42 Å². The maximum atomic E-state index is 10.8. The van der Waals surface area contributed by atoms with Gasteiger partial charge in [-0.1, -0.05) is 45.1 Å². The lowest BCUT2D eigenvalue weighted by Gasteiger charge is -2.08. The molecule has 0 heterocycles. The van der Waals surface area contributed by atoms with Crippen LogP contribution in [0, 0.1) is 5.92 Å². The van der Waals surface area contributed by atoms with Crippen molar-refractivity contribution < 1.29 is 9.90 Å². The van der Waals surface area contributed by atoms with Gasteiger partial charge in [-0.25, -0.2) is 0 Å². The van der Waals surface area contributed by atoms with E-state index in [0.717, 1.165) is 19.3 Å². The van der Waals surface area contributed by atoms with E-state index in [1.54, 1.807) is 6.08 Å². The highest BCUT2D eigenvalue weighted by Gasteiger charge is 2.14. The Morgan fingerprint density at radius 1 is 1.36 bits per heavy atom. The summed E-state index contributed by atoms with van der Waals surface area (Å²) in [5.74, 6) is -0.894. The summed E-state index contributed by atoms with van der Waals surface area (Å²) in [6.45, 7) is 5.76. The minimum Gasteiger partial charge on any atom is -0.481 e. The summed E-state index contributed by atoms with van der Waals surface area (Å²) in [5.41, 5.74) is 0. The number of carboxylic acid groups (broad SMARTS) is 1. The molecule has 82 valence electrons. The Labute approximate surface area is 87.0 Å². The first-order chi connectivity index (χ1) is 6.72. The van der Waals surface area contributed by atoms with Gasteiger partial charge in [-0.05, 0) is 12.8 Å². The Balaban J connectivity index is 3.50. The van der Waals surface area contributed by atoms with Gasteiger partial charge in [0.05, 0.1) is 5.92 Å². The van der Waals surface area contributed by atoms with Crippen molar-refractivity contribution in [2.24, 2.45) is 5.92 Å². The molecule has 0 aliphatic rings. The fourth-order valence-corrected chi connectivity index (χ4v) is 1.54. The molecule has 2 nitrogen and oxygen atoms in total. The van der Waals surface area contributed by atoms with Crippen molar-refractivity contribution >= 4 is 5.97 Å². The first kappa shape index (κ1) is 13.2. The molecule has 0 aliphatic heterocycles. The van der Waals surface area contributed by atoms with Crippen molar-refractivity contribution in [1.82, 2.24) is 0 Å². The second kappa shape index (κ2) is 8.79. The van der Waals surface area contributed by atoms with E-state index in [9.17, 15) is 4.79 Å². The van der Waals surface area contributed by atoms with Gasteiger partial charge in [-0.3, -0.25) is 4.79 Å². The van der Waals surface area contributed by atoms with Crippen molar-refractivity contribution in [1.29, 1.82) is 0 Å². The molecule has 0 saturated heterocycles. The van der Waals surface area contributed by atoms with Crippen LogP contribution in [0.2, 0.25) is 0 Å². The molecule has 0 bridgehead atoms. The number of carboxylic acids is 1. The normalized spacial score (nSPS) is 12.4. The third-order valence-electron chi connectivity index (χ3n) is 2.46. The zero-order chi connectivity index (χ0) is 10.8. The molecule has 1 unspecified atom stereocenters. The Hall–Kier alpha value is -0.790. The maximum Gasteiger partial charge on any atom is 0.306 e. The van der Waals surface area contributed by atoms with E-state index in [1.807, 2.05) is 0 Å². The Morgan fingerprint density at radius 2 is 2.00 bits per heavy atom. The average Bonchev–Trinajstić information content (AvgIpc) is 2.15. The second-order valence-corrected chi connectivity index (χ2v) is 3.76. The third kappa shape index (κ3) is 6.70. The first-order valence-electron chi connectivity index (χ1n) is 5.56. The van der Waals surface area contributed by atoms with Crippen molar-refractivity contribution in [2.45, 2.75) is 51.9 Å². The Kier molecular flexibility index (Phi) is 8.30. The van der Waals surface area contributed by atoms with Crippen molar-refractivity contribution in [2.75, 3.05) is 0 Å². The zero-order valence-corrected chi connectivity index (χ0v) is 9.17. The number of hydrogen-bond donors (Lipinski definition) is 1. The molecule has 0 aromatic heterocycles. The van der Waals surface area contributed by atoms with Gasteiger partial charge in [0.1, 0.15) is 0 Å². The summed E-state index contributed by atoms with van der Waals surface area (Å²) >= 11 is 0. The van der Waals surface area contributed by atoms with Gasteiger partial charge in [-0.2, -0.15) is 0 Å². The summed E-state index contributed by atoms with van der Waals surface area (Å²) in [7, 11) is 0. The number of rotatable bonds is 9. The van der Waals surface area contributed by atoms with E-state index in [2.05, 4.69) is 13.5 Å². The molecule has 1 N–H and O–H groups in total. The van der Waals surface area contributed by atoms with E-state index in [4.69, 9.17) is 5.11 Å². The summed E-state index contributed by atoms with van der Waals surface area (Å²) in [5, 5.41) is 8.86. The second-order valence-electron chi connectivity index (χ2n) is 3.76. The van der Waals surface area contributed by atoms with Gasteiger partial charge < -0.3 is 5.11 Å². The predicted molar refractivity (Wildman–Crippen MR) is 59.3 cm³/mol. The van der Waals surface area contributed by atoms with Crippen LogP contribution >= 0.6 is 0 Å². The van der Waals surface area contributed by atoms with E-state index in [1.165, 1.54) is 19.3 Å². The molecule has 0 amide bonds. The van der Waals surface area contributed by atoms with Crippen molar-refractivity contribution in [3.05, 3.63) is 12.7 Å². The van der Waals surface area contributed by atoms with Gasteiger partial charge in [-0.15, -0.1) is 6.58 Å². The highest BCUT2D eigenvalue weighted by Crippen LogP contribution is 2.15. The minimum atomic E-state index is -0.680. The van der Waals surface area contributed by atoms with Crippen LogP contribution < -0.4 is 0 Å². The van der Waals surface area contributed by atoms with Crippen molar-refractivity contribution in [3.63, 3.8) is 0 Å². The standard InChI is InChI=1S/C12H22O2/c1-3-5-6-7-8-10-11(9-4-2)12(13)14/h4,11H,2-3,5-10H2,1H3,(H,13,14). The number of hydrogen-bond acceptors (Lipinski definition) is 1. The SMILES string of the molecule is C=CCC(CCCCCCC)C(=O)O. The van der Waals surface area contributed by atoms with Crippen molar-refractivity contribution in [3.8, 4) is 0 Å². The van der Waals surface area contributed by atoms with Crippen LogP contribution in [0.1, 0.15) is 51.9 Å². The number of unbranched alkanes of at least 4 members (excludes halogenated alkanes) is 4. The molecule has 0 aromatic carbocycles. The first-order valence-corrected chi connectivity index (χ1v) is 5.56. The summed E-state index contributed by atoms with van der Waals surface area (Å²) in [6.07, 6.45) is 9.02. The van der Waals surface area contributed by atoms with E-state index < -0.39 is 5.97 Å². The summed E-state index contributed by atoms with van der Waals surface area (Å²) < 4.78 is 0. The third-order valence-corrected chi connectivity index (χ3v) is 2.46. The monoisotopic (exact) mass is 198 g/mol. The molecule has 0 radical (unpaired) electrons. The molecule has 0 rings (SSSR count). The number of aliphatic carboxylic acids is 1. The van der Waals surface area contributed by atoms with Crippen LogP contribution in [0.3, 0.4) is 0 Å². The zero-order valence-electron chi connectivity index (χ0n) is 9.17. The van der Waals surface area contributed by atoms with E-state index >= 15 is 0 Å². The van der Waals surface area contributed by atoms with Crippen LogP contribution in [0.25, 0.3) is 0 Å². The van der Waals surface area contributed by atoms with E-state index in [-0.39, 0.29) is 5.92 Å². The minimum absolute atomic E-state index is 0.214. The lowest BCUT2D eigenvalue weighted by atomic mass is 9.97. The van der Waals surface area contributed by atoms with Crippen LogP contribution in [-0.2, 0) is 4.79 Å². The summed E-state index contributed by atoms with van der Waals surface area (Å²) in [4.78, 5) is 10.8. The molecule has 0 fully saturated rings. The molecule has 0 aromatic rings. The van der Waals surface area contributed by atoms with Crippen LogP contribution in [0.4, 0.5) is 0 Å². The predicted octanol–water partition coefficient (Wildman–Crippen LogP) is 3.62. The molecule has 14 heavy (non-hydrogen) atoms. The van der Waals surface area contributed by atoms with Crippen LogP contribution in [-0.4, -0.2) is 11.1 Å². The topological polar surface area (TPSA) is 37.3 Å². The molecule has 1 atom stereocenters.